The topological polar surface area (TPSA) is 17.8 Å². The van der Waals surface area contributed by atoms with Crippen LogP contribution in [0.2, 0.25) is 0 Å². The van der Waals surface area contributed by atoms with E-state index in [1.165, 1.54) is 39.1 Å². The number of hydrogen-bond donors (Lipinski definition) is 0. The van der Waals surface area contributed by atoms with Gasteiger partial charge in [-0.25, -0.2) is 4.98 Å². The fourth-order valence-corrected chi connectivity index (χ4v) is 3.90. The van der Waals surface area contributed by atoms with Gasteiger partial charge in [0.15, 0.2) is 0 Å². The minimum atomic E-state index is 0.975. The van der Waals surface area contributed by atoms with Gasteiger partial charge in [0.25, 0.3) is 0 Å². The van der Waals surface area contributed by atoms with Crippen LogP contribution in [0.15, 0.2) is 79.1 Å². The van der Waals surface area contributed by atoms with E-state index in [-0.39, 0.29) is 0 Å². The molecule has 5 rings (SSSR count). The highest BCUT2D eigenvalue weighted by molar-refractivity contribution is 5.83. The summed E-state index contributed by atoms with van der Waals surface area (Å²) in [4.78, 5) is 4.71. The molecule has 25 heavy (non-hydrogen) atoms. The highest BCUT2D eigenvalue weighted by Gasteiger charge is 2.23. The van der Waals surface area contributed by atoms with Crippen LogP contribution in [0, 0.1) is 6.92 Å². The van der Waals surface area contributed by atoms with Crippen molar-refractivity contribution in [2.45, 2.75) is 13.3 Å². The zero-order chi connectivity index (χ0) is 16.8. The van der Waals surface area contributed by atoms with Crippen LogP contribution >= 0.6 is 0 Å². The van der Waals surface area contributed by atoms with Crippen LogP contribution in [0.4, 0.5) is 0 Å². The van der Waals surface area contributed by atoms with E-state index in [1.54, 1.807) is 0 Å². The van der Waals surface area contributed by atoms with Gasteiger partial charge in [-0.05, 0) is 47.2 Å². The maximum Gasteiger partial charge on any atom is 0.144 e. The first-order valence-corrected chi connectivity index (χ1v) is 8.63. The molecule has 0 saturated carbocycles. The Morgan fingerprint density at radius 2 is 1.56 bits per heavy atom. The lowest BCUT2D eigenvalue weighted by Gasteiger charge is -2.13. The van der Waals surface area contributed by atoms with Crippen LogP contribution < -0.4 is 0 Å². The Bertz CT molecular complexity index is 1090. The van der Waals surface area contributed by atoms with Gasteiger partial charge >= 0.3 is 0 Å². The number of imidazole rings is 1. The summed E-state index contributed by atoms with van der Waals surface area (Å²) >= 11 is 0. The van der Waals surface area contributed by atoms with Crippen molar-refractivity contribution >= 4 is 0 Å². The molecule has 0 radical (unpaired) electrons. The van der Waals surface area contributed by atoms with E-state index in [9.17, 15) is 0 Å². The molecule has 1 heterocycles. The lowest BCUT2D eigenvalue weighted by atomic mass is 10.0. The van der Waals surface area contributed by atoms with E-state index in [0.717, 1.165) is 12.2 Å². The molecule has 0 aliphatic heterocycles. The van der Waals surface area contributed by atoms with Crippen molar-refractivity contribution in [3.8, 4) is 28.2 Å². The van der Waals surface area contributed by atoms with Crippen LogP contribution in [0.25, 0.3) is 28.2 Å². The van der Waals surface area contributed by atoms with Gasteiger partial charge in [-0.2, -0.15) is 0 Å². The third-order valence-corrected chi connectivity index (χ3v) is 5.11. The largest absolute Gasteiger partial charge is 0.300 e. The van der Waals surface area contributed by atoms with Crippen LogP contribution in [-0.4, -0.2) is 9.55 Å². The smallest absolute Gasteiger partial charge is 0.144 e. The number of hydrogen-bond acceptors (Lipinski definition) is 1. The maximum atomic E-state index is 4.71. The minimum absolute atomic E-state index is 0.975. The molecule has 1 aromatic heterocycles. The van der Waals surface area contributed by atoms with Crippen molar-refractivity contribution in [3.63, 3.8) is 0 Å². The van der Waals surface area contributed by atoms with E-state index in [1.807, 2.05) is 6.20 Å². The van der Waals surface area contributed by atoms with Crippen molar-refractivity contribution in [2.24, 2.45) is 0 Å². The monoisotopic (exact) mass is 322 g/mol. The zero-order valence-corrected chi connectivity index (χ0v) is 14.1. The Kier molecular flexibility index (Phi) is 3.10. The highest BCUT2D eigenvalue weighted by atomic mass is 15.1. The highest BCUT2D eigenvalue weighted by Crippen LogP contribution is 2.41. The first-order valence-electron chi connectivity index (χ1n) is 8.63. The fourth-order valence-electron chi connectivity index (χ4n) is 3.90. The molecule has 0 saturated heterocycles. The Morgan fingerprint density at radius 1 is 0.800 bits per heavy atom. The van der Waals surface area contributed by atoms with Crippen molar-refractivity contribution in [2.75, 3.05) is 0 Å². The molecule has 0 amide bonds. The second kappa shape index (κ2) is 5.45. The number of benzene rings is 3. The normalized spacial score (nSPS) is 12.0. The molecule has 0 N–H and O–H groups in total. The van der Waals surface area contributed by atoms with Crippen LogP contribution in [0.3, 0.4) is 0 Å². The van der Waals surface area contributed by atoms with E-state index >= 15 is 0 Å². The summed E-state index contributed by atoms with van der Waals surface area (Å²) in [6.45, 7) is 2.14. The predicted octanol–water partition coefficient (Wildman–Crippen LogP) is 5.42. The average molecular weight is 322 g/mol. The number of aromatic nitrogens is 2. The molecule has 0 atom stereocenters. The third kappa shape index (κ3) is 2.14. The molecule has 2 heteroatoms. The molecule has 120 valence electrons. The number of fused-ring (bicyclic) bond motifs is 3. The third-order valence-electron chi connectivity index (χ3n) is 5.11. The molecule has 0 fully saturated rings. The standard InChI is InChI=1S/C23H18N2/c1-16-7-2-5-12-22(16)25-14-13-24-23(25)20-11-6-10-19-18-9-4-3-8-17(18)15-21(19)20/h2-14H,15H2,1H3. The Balaban J connectivity index is 1.71. The van der Waals surface area contributed by atoms with Crippen LogP contribution in [0.5, 0.6) is 0 Å². The minimum Gasteiger partial charge on any atom is -0.300 e. The van der Waals surface area contributed by atoms with E-state index in [4.69, 9.17) is 4.98 Å². The quantitative estimate of drug-likeness (QED) is 0.424. The average Bonchev–Trinajstić information content (AvgIpc) is 3.26. The summed E-state index contributed by atoms with van der Waals surface area (Å²) in [7, 11) is 0. The van der Waals surface area contributed by atoms with E-state index in [2.05, 4.69) is 84.4 Å². The number of para-hydroxylation sites is 1. The van der Waals surface area contributed by atoms with Crippen LogP contribution in [0.1, 0.15) is 16.7 Å². The first kappa shape index (κ1) is 14.2. The summed E-state index contributed by atoms with van der Waals surface area (Å²) < 4.78 is 2.20. The van der Waals surface area contributed by atoms with Gasteiger partial charge in [0.05, 0.1) is 0 Å². The van der Waals surface area contributed by atoms with Gasteiger partial charge in [0, 0.05) is 23.6 Å². The van der Waals surface area contributed by atoms with Gasteiger partial charge < -0.3 is 0 Å². The maximum absolute atomic E-state index is 4.71. The Hall–Kier alpha value is -3.13. The molecule has 2 nitrogen and oxygen atoms in total. The van der Waals surface area contributed by atoms with Crippen molar-refractivity contribution in [1.82, 2.24) is 9.55 Å². The summed E-state index contributed by atoms with van der Waals surface area (Å²) in [5.74, 6) is 1.01. The van der Waals surface area contributed by atoms with Gasteiger partial charge in [-0.3, -0.25) is 4.57 Å². The summed E-state index contributed by atoms with van der Waals surface area (Å²) in [6, 6.07) is 23.7. The Labute approximate surface area is 147 Å². The fraction of sp³-hybridized carbons (Fsp3) is 0.0870. The molecule has 4 aromatic rings. The molecular weight excluding hydrogens is 304 g/mol. The molecule has 1 aliphatic rings. The summed E-state index contributed by atoms with van der Waals surface area (Å²) in [6.07, 6.45) is 4.92. The van der Waals surface area contributed by atoms with Crippen molar-refractivity contribution < 1.29 is 0 Å². The van der Waals surface area contributed by atoms with E-state index in [0.29, 0.717) is 0 Å². The predicted molar refractivity (Wildman–Crippen MR) is 102 cm³/mol. The SMILES string of the molecule is Cc1ccccc1-n1ccnc1-c1cccc2c1Cc1ccccc1-2. The second-order valence-corrected chi connectivity index (χ2v) is 6.57. The molecular formula is C23H18N2. The lowest BCUT2D eigenvalue weighted by Crippen LogP contribution is -2.00. The van der Waals surface area contributed by atoms with E-state index < -0.39 is 0 Å². The number of aryl methyl sites for hydroxylation is 1. The van der Waals surface area contributed by atoms with Gasteiger partial charge in [-0.15, -0.1) is 0 Å². The van der Waals surface area contributed by atoms with Crippen molar-refractivity contribution in [1.29, 1.82) is 0 Å². The summed E-state index contributed by atoms with van der Waals surface area (Å²) in [5.41, 5.74) is 9.13. The summed E-state index contributed by atoms with van der Waals surface area (Å²) in [5, 5.41) is 0. The molecule has 3 aromatic carbocycles. The van der Waals surface area contributed by atoms with Gasteiger partial charge in [0.2, 0.25) is 0 Å². The molecule has 0 bridgehead atoms. The molecule has 0 unspecified atom stereocenters. The molecule has 0 spiro atoms. The Morgan fingerprint density at radius 3 is 2.48 bits per heavy atom. The van der Waals surface area contributed by atoms with Crippen LogP contribution in [-0.2, 0) is 6.42 Å². The van der Waals surface area contributed by atoms with Gasteiger partial charge in [-0.1, -0.05) is 60.7 Å². The number of rotatable bonds is 2. The van der Waals surface area contributed by atoms with Crippen molar-refractivity contribution in [3.05, 3.63) is 95.8 Å². The second-order valence-electron chi connectivity index (χ2n) is 6.57. The first-order chi connectivity index (χ1) is 12.3. The zero-order valence-electron chi connectivity index (χ0n) is 14.1. The lowest BCUT2D eigenvalue weighted by molar-refractivity contribution is 1.04. The van der Waals surface area contributed by atoms with Gasteiger partial charge in [0.1, 0.15) is 5.82 Å². The number of nitrogens with zero attached hydrogens (tertiary/aromatic N) is 2. The molecule has 1 aliphatic carbocycles.